The second kappa shape index (κ2) is 4.97. The molecular formula is C12H20N2O5. The number of hydrogen-bond donors (Lipinski definition) is 3. The Kier molecular flexibility index (Phi) is 3.69. The van der Waals surface area contributed by atoms with Crippen molar-refractivity contribution in [1.29, 1.82) is 0 Å². The summed E-state index contributed by atoms with van der Waals surface area (Å²) in [4.78, 5) is 26.1. The number of carboxylic acid groups (broad SMARTS) is 1. The van der Waals surface area contributed by atoms with Gasteiger partial charge < -0.3 is 25.1 Å². The van der Waals surface area contributed by atoms with E-state index in [1.165, 1.54) is 9.80 Å². The van der Waals surface area contributed by atoms with E-state index in [2.05, 4.69) is 0 Å². The van der Waals surface area contributed by atoms with Crippen LogP contribution < -0.4 is 0 Å². The number of hydrogen-bond acceptors (Lipinski definition) is 4. The molecule has 7 heteroatoms. The molecule has 2 fully saturated rings. The van der Waals surface area contributed by atoms with E-state index in [0.717, 1.165) is 0 Å². The van der Waals surface area contributed by atoms with E-state index in [1.807, 2.05) is 0 Å². The maximum absolute atomic E-state index is 12.3. The summed E-state index contributed by atoms with van der Waals surface area (Å²) in [5.74, 6) is -1.10. The van der Waals surface area contributed by atoms with Gasteiger partial charge in [0.1, 0.15) is 6.04 Å². The van der Waals surface area contributed by atoms with Gasteiger partial charge in [-0.05, 0) is 19.8 Å². The zero-order chi connectivity index (χ0) is 14.2. The quantitative estimate of drug-likeness (QED) is 0.596. The number of aliphatic carboxylic acids is 1. The van der Waals surface area contributed by atoms with Crippen LogP contribution >= 0.6 is 0 Å². The number of aliphatic hydroxyl groups excluding tert-OH is 1. The second-order valence-corrected chi connectivity index (χ2v) is 5.70. The first-order chi connectivity index (χ1) is 8.80. The third-order valence-electron chi connectivity index (χ3n) is 3.76. The lowest BCUT2D eigenvalue weighted by atomic mass is 9.95. The van der Waals surface area contributed by atoms with Crippen LogP contribution in [0.15, 0.2) is 0 Å². The molecule has 108 valence electrons. The zero-order valence-corrected chi connectivity index (χ0v) is 10.9. The van der Waals surface area contributed by atoms with Gasteiger partial charge in [-0.25, -0.2) is 9.59 Å². The number of nitrogens with zero attached hydrogens (tertiary/aromatic N) is 2. The molecule has 0 spiro atoms. The van der Waals surface area contributed by atoms with Crippen LogP contribution in [0.4, 0.5) is 4.79 Å². The summed E-state index contributed by atoms with van der Waals surface area (Å²) >= 11 is 0. The number of aliphatic hydroxyl groups is 2. The van der Waals surface area contributed by atoms with Gasteiger partial charge in [0.15, 0.2) is 0 Å². The highest BCUT2D eigenvalue weighted by Gasteiger charge is 2.42. The molecule has 2 saturated heterocycles. The Hall–Kier alpha value is -1.34. The van der Waals surface area contributed by atoms with Crippen molar-refractivity contribution in [3.8, 4) is 0 Å². The molecule has 2 rings (SSSR count). The van der Waals surface area contributed by atoms with Crippen molar-refractivity contribution in [2.45, 2.75) is 43.9 Å². The molecule has 0 aromatic rings. The van der Waals surface area contributed by atoms with Gasteiger partial charge in [0.05, 0.1) is 18.2 Å². The predicted octanol–water partition coefficient (Wildman–Crippen LogP) is -0.527. The van der Waals surface area contributed by atoms with Crippen molar-refractivity contribution in [2.24, 2.45) is 0 Å². The number of carboxylic acids is 1. The number of carbonyl (C=O) groups is 2. The summed E-state index contributed by atoms with van der Waals surface area (Å²) in [6, 6.07) is -1.39. The molecule has 2 amide bonds. The first-order valence-electron chi connectivity index (χ1n) is 6.49. The third-order valence-corrected chi connectivity index (χ3v) is 3.76. The number of amides is 2. The fourth-order valence-corrected chi connectivity index (χ4v) is 2.82. The van der Waals surface area contributed by atoms with Crippen molar-refractivity contribution >= 4 is 12.0 Å². The summed E-state index contributed by atoms with van der Waals surface area (Å²) < 4.78 is 0. The fraction of sp³-hybridized carbons (Fsp3) is 0.833. The standard InChI is InChI=1S/C12H20N2O5/c1-12(19)3-2-4-13(7-12)11(18)14-6-8(15)5-9(14)10(16)17/h8-9,15,19H,2-7H2,1H3,(H,16,17)/t8-,9-,12?/m1/s1. The Balaban J connectivity index is 2.08. The van der Waals surface area contributed by atoms with E-state index < -0.39 is 29.7 Å². The average molecular weight is 272 g/mol. The Labute approximate surface area is 111 Å². The van der Waals surface area contributed by atoms with Gasteiger partial charge in [-0.1, -0.05) is 0 Å². The van der Waals surface area contributed by atoms with Crippen LogP contribution in [0.25, 0.3) is 0 Å². The average Bonchev–Trinajstić information content (AvgIpc) is 2.69. The van der Waals surface area contributed by atoms with E-state index in [-0.39, 0.29) is 19.5 Å². The molecule has 0 aromatic carbocycles. The van der Waals surface area contributed by atoms with Crippen LogP contribution in [-0.2, 0) is 4.79 Å². The second-order valence-electron chi connectivity index (χ2n) is 5.70. The molecular weight excluding hydrogens is 252 g/mol. The van der Waals surface area contributed by atoms with Crippen molar-refractivity contribution in [1.82, 2.24) is 9.80 Å². The molecule has 7 nitrogen and oxygen atoms in total. The fourth-order valence-electron chi connectivity index (χ4n) is 2.82. The molecule has 19 heavy (non-hydrogen) atoms. The summed E-state index contributed by atoms with van der Waals surface area (Å²) in [6.45, 7) is 2.41. The Morgan fingerprint density at radius 2 is 2.05 bits per heavy atom. The maximum Gasteiger partial charge on any atom is 0.326 e. The largest absolute Gasteiger partial charge is 0.480 e. The van der Waals surface area contributed by atoms with Gasteiger partial charge in [0, 0.05) is 19.5 Å². The highest BCUT2D eigenvalue weighted by Crippen LogP contribution is 2.25. The van der Waals surface area contributed by atoms with Gasteiger partial charge in [0.25, 0.3) is 0 Å². The molecule has 0 radical (unpaired) electrons. The van der Waals surface area contributed by atoms with E-state index in [0.29, 0.717) is 19.4 Å². The normalized spacial score (nSPS) is 35.5. The predicted molar refractivity (Wildman–Crippen MR) is 65.6 cm³/mol. The lowest BCUT2D eigenvalue weighted by molar-refractivity contribution is -0.141. The molecule has 3 N–H and O–H groups in total. The Morgan fingerprint density at radius 1 is 1.37 bits per heavy atom. The minimum Gasteiger partial charge on any atom is -0.480 e. The minimum atomic E-state index is -1.10. The number of piperidine rings is 1. The van der Waals surface area contributed by atoms with Crippen LogP contribution in [-0.4, -0.2) is 74.5 Å². The molecule has 1 unspecified atom stereocenters. The Morgan fingerprint density at radius 3 is 2.63 bits per heavy atom. The van der Waals surface area contributed by atoms with Crippen molar-refractivity contribution < 1.29 is 24.9 Å². The van der Waals surface area contributed by atoms with Gasteiger partial charge in [-0.15, -0.1) is 0 Å². The summed E-state index contributed by atoms with van der Waals surface area (Å²) in [5, 5.41) is 28.6. The maximum atomic E-state index is 12.3. The number of rotatable bonds is 1. The minimum absolute atomic E-state index is 0.0362. The summed E-state index contributed by atoms with van der Waals surface area (Å²) in [5.41, 5.74) is -0.926. The molecule has 2 heterocycles. The number of β-amino-alcohol motifs (C(OH)–C–C–N with tert-alkyl or cyclic N) is 2. The van der Waals surface area contributed by atoms with Crippen LogP contribution in [0.5, 0.6) is 0 Å². The first-order valence-corrected chi connectivity index (χ1v) is 6.49. The molecule has 2 aliphatic rings. The van der Waals surface area contributed by atoms with Crippen molar-refractivity contribution in [3.05, 3.63) is 0 Å². The van der Waals surface area contributed by atoms with Crippen LogP contribution in [0.1, 0.15) is 26.2 Å². The Bertz CT molecular complexity index is 384. The zero-order valence-electron chi connectivity index (χ0n) is 10.9. The topological polar surface area (TPSA) is 101 Å². The van der Waals surface area contributed by atoms with Crippen molar-refractivity contribution in [2.75, 3.05) is 19.6 Å². The summed E-state index contributed by atoms with van der Waals surface area (Å²) in [6.07, 6.45) is 0.579. The number of carbonyl (C=O) groups excluding carboxylic acids is 1. The number of urea groups is 1. The van der Waals surface area contributed by atoms with Crippen LogP contribution in [0.3, 0.4) is 0 Å². The van der Waals surface area contributed by atoms with Gasteiger partial charge in [-0.2, -0.15) is 0 Å². The molecule has 0 aromatic heterocycles. The highest BCUT2D eigenvalue weighted by atomic mass is 16.4. The molecule has 0 saturated carbocycles. The summed E-state index contributed by atoms with van der Waals surface area (Å²) in [7, 11) is 0. The lowest BCUT2D eigenvalue weighted by Gasteiger charge is -2.39. The van der Waals surface area contributed by atoms with E-state index in [9.17, 15) is 19.8 Å². The van der Waals surface area contributed by atoms with Gasteiger partial charge >= 0.3 is 12.0 Å². The smallest absolute Gasteiger partial charge is 0.326 e. The monoisotopic (exact) mass is 272 g/mol. The third kappa shape index (κ3) is 2.98. The van der Waals surface area contributed by atoms with Gasteiger partial charge in [-0.3, -0.25) is 0 Å². The molecule has 3 atom stereocenters. The van der Waals surface area contributed by atoms with Crippen molar-refractivity contribution in [3.63, 3.8) is 0 Å². The number of likely N-dealkylation sites (tertiary alicyclic amines) is 2. The first kappa shape index (κ1) is 14.1. The lowest BCUT2D eigenvalue weighted by Crippen LogP contribution is -2.54. The highest BCUT2D eigenvalue weighted by molar-refractivity contribution is 5.83. The molecule has 2 aliphatic heterocycles. The van der Waals surface area contributed by atoms with E-state index >= 15 is 0 Å². The van der Waals surface area contributed by atoms with Crippen LogP contribution in [0.2, 0.25) is 0 Å². The van der Waals surface area contributed by atoms with Crippen LogP contribution in [0, 0.1) is 0 Å². The van der Waals surface area contributed by atoms with E-state index in [4.69, 9.17) is 5.11 Å². The van der Waals surface area contributed by atoms with Gasteiger partial charge in [0.2, 0.25) is 0 Å². The molecule has 0 bridgehead atoms. The SMILES string of the molecule is CC1(O)CCCN(C(=O)N2C[C@H](O)C[C@@H]2C(=O)O)C1. The molecule has 0 aliphatic carbocycles. The van der Waals surface area contributed by atoms with E-state index in [1.54, 1.807) is 6.92 Å².